The van der Waals surface area contributed by atoms with Crippen molar-refractivity contribution in [1.29, 1.82) is 0 Å². The van der Waals surface area contributed by atoms with Gasteiger partial charge in [-0.25, -0.2) is 8.78 Å². The summed E-state index contributed by atoms with van der Waals surface area (Å²) in [6, 6.07) is 2.12. The SMILES string of the molecule is CC(N)Cc1c(N)ccc(F)c1F. The zero-order valence-corrected chi connectivity index (χ0v) is 7.35. The molecule has 1 aromatic rings. The summed E-state index contributed by atoms with van der Waals surface area (Å²) < 4.78 is 25.9. The van der Waals surface area contributed by atoms with Crippen molar-refractivity contribution < 1.29 is 8.78 Å². The van der Waals surface area contributed by atoms with E-state index < -0.39 is 11.6 Å². The van der Waals surface area contributed by atoms with Crippen LogP contribution in [0.25, 0.3) is 0 Å². The van der Waals surface area contributed by atoms with Gasteiger partial charge in [-0.15, -0.1) is 0 Å². The number of benzene rings is 1. The summed E-state index contributed by atoms with van der Waals surface area (Å²) in [6.07, 6.45) is 0.245. The molecule has 0 bridgehead atoms. The Morgan fingerprint density at radius 3 is 2.54 bits per heavy atom. The summed E-state index contributed by atoms with van der Waals surface area (Å²) in [5, 5.41) is 0. The molecule has 4 N–H and O–H groups in total. The Kier molecular flexibility index (Phi) is 2.83. The lowest BCUT2D eigenvalue weighted by molar-refractivity contribution is 0.496. The minimum atomic E-state index is -0.891. The molecule has 72 valence electrons. The van der Waals surface area contributed by atoms with Gasteiger partial charge in [0.15, 0.2) is 11.6 Å². The van der Waals surface area contributed by atoms with Crippen molar-refractivity contribution in [2.75, 3.05) is 5.73 Å². The number of anilines is 1. The highest BCUT2D eigenvalue weighted by Gasteiger charge is 2.12. The number of halogens is 2. The normalized spacial score (nSPS) is 12.9. The van der Waals surface area contributed by atoms with Crippen LogP contribution < -0.4 is 11.5 Å². The molecule has 0 radical (unpaired) electrons. The molecule has 13 heavy (non-hydrogen) atoms. The molecule has 1 atom stereocenters. The van der Waals surface area contributed by atoms with Gasteiger partial charge in [0.05, 0.1) is 0 Å². The molecule has 0 saturated heterocycles. The number of rotatable bonds is 2. The molecule has 0 saturated carbocycles. The van der Waals surface area contributed by atoms with Gasteiger partial charge in [-0.1, -0.05) is 0 Å². The molecule has 0 aliphatic carbocycles. The van der Waals surface area contributed by atoms with Crippen molar-refractivity contribution in [2.24, 2.45) is 5.73 Å². The van der Waals surface area contributed by atoms with Crippen molar-refractivity contribution >= 4 is 5.69 Å². The highest BCUT2D eigenvalue weighted by atomic mass is 19.2. The van der Waals surface area contributed by atoms with Gasteiger partial charge < -0.3 is 11.5 Å². The quantitative estimate of drug-likeness (QED) is 0.686. The second-order valence-corrected chi connectivity index (χ2v) is 3.11. The van der Waals surface area contributed by atoms with E-state index in [4.69, 9.17) is 11.5 Å². The zero-order chi connectivity index (χ0) is 10.0. The average Bonchev–Trinajstić information content (AvgIpc) is 2.05. The predicted molar refractivity (Wildman–Crippen MR) is 48.1 cm³/mol. The smallest absolute Gasteiger partial charge is 0.164 e. The third-order valence-electron chi connectivity index (χ3n) is 1.76. The van der Waals surface area contributed by atoms with Crippen molar-refractivity contribution in [2.45, 2.75) is 19.4 Å². The van der Waals surface area contributed by atoms with Crippen LogP contribution in [0, 0.1) is 11.6 Å². The van der Waals surface area contributed by atoms with Crippen LogP contribution in [0.15, 0.2) is 12.1 Å². The van der Waals surface area contributed by atoms with Gasteiger partial charge in [0.1, 0.15) is 0 Å². The topological polar surface area (TPSA) is 52.0 Å². The van der Waals surface area contributed by atoms with Crippen LogP contribution in [-0.4, -0.2) is 6.04 Å². The Labute approximate surface area is 75.5 Å². The summed E-state index contributed by atoms with van der Waals surface area (Å²) in [6.45, 7) is 1.71. The molecule has 1 rings (SSSR count). The van der Waals surface area contributed by atoms with Crippen molar-refractivity contribution in [3.05, 3.63) is 29.3 Å². The van der Waals surface area contributed by atoms with Gasteiger partial charge in [0.25, 0.3) is 0 Å². The third kappa shape index (κ3) is 2.15. The Balaban J connectivity index is 3.10. The maximum absolute atomic E-state index is 13.1. The monoisotopic (exact) mass is 186 g/mol. The first-order valence-electron chi connectivity index (χ1n) is 4.00. The lowest BCUT2D eigenvalue weighted by atomic mass is 10.0. The summed E-state index contributed by atoms with van der Waals surface area (Å²) in [7, 11) is 0. The number of hydrogen-bond donors (Lipinski definition) is 2. The molecule has 0 aliphatic heterocycles. The van der Waals surface area contributed by atoms with Gasteiger partial charge in [-0.05, 0) is 25.5 Å². The van der Waals surface area contributed by atoms with Crippen molar-refractivity contribution in [3.63, 3.8) is 0 Å². The second kappa shape index (κ2) is 3.70. The maximum atomic E-state index is 13.1. The zero-order valence-electron chi connectivity index (χ0n) is 7.35. The van der Waals surface area contributed by atoms with E-state index in [1.165, 1.54) is 6.07 Å². The van der Waals surface area contributed by atoms with Gasteiger partial charge in [0.2, 0.25) is 0 Å². The van der Waals surface area contributed by atoms with Gasteiger partial charge >= 0.3 is 0 Å². The lowest BCUT2D eigenvalue weighted by Crippen LogP contribution is -2.19. The van der Waals surface area contributed by atoms with Gasteiger partial charge in [0, 0.05) is 17.3 Å². The molecule has 0 aromatic heterocycles. The summed E-state index contributed by atoms with van der Waals surface area (Å²) in [5.74, 6) is -1.78. The van der Waals surface area contributed by atoms with Crippen molar-refractivity contribution in [1.82, 2.24) is 0 Å². The fourth-order valence-electron chi connectivity index (χ4n) is 1.14. The van der Waals surface area contributed by atoms with Crippen LogP contribution >= 0.6 is 0 Å². The van der Waals surface area contributed by atoms with E-state index in [-0.39, 0.29) is 23.7 Å². The number of nitrogen functional groups attached to an aromatic ring is 1. The summed E-state index contributed by atoms with van der Waals surface area (Å²) in [4.78, 5) is 0. The molecule has 0 fully saturated rings. The van der Waals surface area contributed by atoms with Crippen LogP contribution in [0.3, 0.4) is 0 Å². The second-order valence-electron chi connectivity index (χ2n) is 3.11. The minimum absolute atomic E-state index is 0.162. The van der Waals surface area contributed by atoms with E-state index >= 15 is 0 Å². The van der Waals surface area contributed by atoms with Crippen LogP contribution in [0.1, 0.15) is 12.5 Å². The first kappa shape index (κ1) is 9.92. The van der Waals surface area contributed by atoms with Gasteiger partial charge in [-0.2, -0.15) is 0 Å². The molecule has 2 nitrogen and oxygen atoms in total. The van der Waals surface area contributed by atoms with Crippen molar-refractivity contribution in [3.8, 4) is 0 Å². The van der Waals surface area contributed by atoms with E-state index in [1.807, 2.05) is 0 Å². The third-order valence-corrected chi connectivity index (χ3v) is 1.76. The summed E-state index contributed by atoms with van der Waals surface area (Å²) in [5.41, 5.74) is 11.4. The number of hydrogen-bond acceptors (Lipinski definition) is 2. The highest BCUT2D eigenvalue weighted by molar-refractivity contribution is 5.48. The molecule has 4 heteroatoms. The Morgan fingerprint density at radius 2 is 2.00 bits per heavy atom. The molecule has 0 amide bonds. The maximum Gasteiger partial charge on any atom is 0.164 e. The predicted octanol–water partition coefficient (Wildman–Crippen LogP) is 1.44. The molecule has 0 spiro atoms. The summed E-state index contributed by atoms with van der Waals surface area (Å²) >= 11 is 0. The van der Waals surface area contributed by atoms with E-state index in [2.05, 4.69) is 0 Å². The standard InChI is InChI=1S/C9H12F2N2/c1-5(12)4-6-8(13)3-2-7(10)9(6)11/h2-3,5H,4,12-13H2,1H3. The van der Waals surface area contributed by atoms with E-state index in [1.54, 1.807) is 6.92 Å². The van der Waals surface area contributed by atoms with Crippen LogP contribution in [0.4, 0.5) is 14.5 Å². The van der Waals surface area contributed by atoms with E-state index in [0.29, 0.717) is 0 Å². The molecule has 1 unspecified atom stereocenters. The van der Waals surface area contributed by atoms with Crippen LogP contribution in [-0.2, 0) is 6.42 Å². The van der Waals surface area contributed by atoms with Crippen LogP contribution in [0.2, 0.25) is 0 Å². The molecular weight excluding hydrogens is 174 g/mol. The molecule has 0 aliphatic rings. The highest BCUT2D eigenvalue weighted by Crippen LogP contribution is 2.19. The van der Waals surface area contributed by atoms with E-state index in [9.17, 15) is 8.78 Å². The Morgan fingerprint density at radius 1 is 1.38 bits per heavy atom. The molecule has 0 heterocycles. The largest absolute Gasteiger partial charge is 0.398 e. The lowest BCUT2D eigenvalue weighted by Gasteiger charge is -2.09. The first-order valence-corrected chi connectivity index (χ1v) is 4.00. The first-order chi connectivity index (χ1) is 6.02. The fourth-order valence-corrected chi connectivity index (χ4v) is 1.14. The molecular formula is C9H12F2N2. The van der Waals surface area contributed by atoms with Crippen LogP contribution in [0.5, 0.6) is 0 Å². The van der Waals surface area contributed by atoms with Gasteiger partial charge in [-0.3, -0.25) is 0 Å². The number of nitrogens with two attached hydrogens (primary N) is 2. The molecule has 1 aromatic carbocycles. The Bertz CT molecular complexity index is 311. The average molecular weight is 186 g/mol. The van der Waals surface area contributed by atoms with E-state index in [0.717, 1.165) is 6.07 Å². The Hall–Kier alpha value is -1.16. The minimum Gasteiger partial charge on any atom is -0.398 e. The fraction of sp³-hybridized carbons (Fsp3) is 0.333.